The molecule has 4 heteroatoms. The van der Waals surface area contributed by atoms with Crippen LogP contribution in [-0.2, 0) is 0 Å². The van der Waals surface area contributed by atoms with Crippen LogP contribution in [0.1, 0.15) is 43.2 Å². The van der Waals surface area contributed by atoms with Gasteiger partial charge in [-0.15, -0.1) is 5.73 Å². The summed E-state index contributed by atoms with van der Waals surface area (Å²) in [5.74, 6) is 0.847. The summed E-state index contributed by atoms with van der Waals surface area (Å²) in [6.45, 7) is 12.0. The van der Waals surface area contributed by atoms with Crippen LogP contribution in [0.15, 0.2) is 136 Å². The molecule has 1 aliphatic carbocycles. The summed E-state index contributed by atoms with van der Waals surface area (Å²) in [6, 6.07) is 25.4. The molecule has 226 valence electrons. The molecule has 2 aromatic heterocycles. The molecule has 1 aliphatic rings. The third kappa shape index (κ3) is 5.75. The van der Waals surface area contributed by atoms with E-state index in [1.807, 2.05) is 74.0 Å². The molecule has 0 saturated heterocycles. The molecule has 7 rings (SSSR count). The summed E-state index contributed by atoms with van der Waals surface area (Å²) in [5, 5.41) is 10.6. The highest BCUT2D eigenvalue weighted by Crippen LogP contribution is 2.44. The molecule has 0 N–H and O–H groups in total. The van der Waals surface area contributed by atoms with Gasteiger partial charge in [0, 0.05) is 34.0 Å². The smallest absolute Gasteiger partial charge is 0.162 e. The fourth-order valence-electron chi connectivity index (χ4n) is 6.00. The van der Waals surface area contributed by atoms with Gasteiger partial charge in [0.25, 0.3) is 0 Å². The Balaban J connectivity index is 0.000000224. The summed E-state index contributed by atoms with van der Waals surface area (Å²) in [4.78, 5) is 4.51. The standard InChI is InChI=1S/C28H21N3O.C14H16/c1-3-9-18(2)29-16-17-30-31-23-14-7-6-12-21(23)25-19-10-4-5-11-20(19)26-22-13-8-15-24(22)32-28(26)27(25)31;1-4-6-9-13(5-2)14-10-7-8-12(3)11-14/h3-7,9-18H,1-2H3;4-11H,2H2,1,3H3/b9-3-,29-16?,30-17?;6-4-,13-9+. The Hall–Kier alpha value is -5.70. The summed E-state index contributed by atoms with van der Waals surface area (Å²) >= 11 is 0. The van der Waals surface area contributed by atoms with Crippen molar-refractivity contribution in [3.8, 4) is 0 Å². The number of fused-ring (bicyclic) bond motifs is 10. The van der Waals surface area contributed by atoms with Crippen LogP contribution in [0.4, 0.5) is 0 Å². The highest BCUT2D eigenvalue weighted by molar-refractivity contribution is 6.32. The van der Waals surface area contributed by atoms with Crippen LogP contribution < -0.4 is 0 Å². The Kier molecular flexibility index (Phi) is 8.91. The van der Waals surface area contributed by atoms with Crippen LogP contribution in [0, 0.1) is 6.92 Å². The zero-order chi connectivity index (χ0) is 32.0. The largest absolute Gasteiger partial charge is 0.453 e. The van der Waals surface area contributed by atoms with E-state index in [1.54, 1.807) is 12.4 Å². The van der Waals surface area contributed by atoms with Crippen molar-refractivity contribution >= 4 is 73.7 Å². The van der Waals surface area contributed by atoms with Gasteiger partial charge in [-0.25, -0.2) is 4.68 Å². The zero-order valence-electron chi connectivity index (χ0n) is 26.7. The highest BCUT2D eigenvalue weighted by atomic mass is 16.3. The molecular weight excluding hydrogens is 562 g/mol. The fourth-order valence-corrected chi connectivity index (χ4v) is 6.00. The van der Waals surface area contributed by atoms with Gasteiger partial charge in [-0.3, -0.25) is 4.99 Å². The topological polar surface area (TPSA) is 42.8 Å². The van der Waals surface area contributed by atoms with Gasteiger partial charge in [0.15, 0.2) is 5.58 Å². The maximum atomic E-state index is 6.39. The zero-order valence-corrected chi connectivity index (χ0v) is 26.7. The number of nitrogens with zero attached hydrogens (tertiary/aromatic N) is 3. The van der Waals surface area contributed by atoms with Crippen molar-refractivity contribution < 1.29 is 4.42 Å². The molecule has 6 aromatic rings. The van der Waals surface area contributed by atoms with Crippen LogP contribution in [0.2, 0.25) is 0 Å². The van der Waals surface area contributed by atoms with E-state index < -0.39 is 0 Å². The van der Waals surface area contributed by atoms with Crippen LogP contribution in [0.25, 0.3) is 61.3 Å². The Morgan fingerprint density at radius 1 is 0.891 bits per heavy atom. The van der Waals surface area contributed by atoms with Gasteiger partial charge in [-0.2, -0.15) is 5.10 Å². The molecule has 1 atom stereocenters. The molecular formula is C42H37N3O. The van der Waals surface area contributed by atoms with Crippen molar-refractivity contribution in [2.45, 2.75) is 33.7 Å². The number of furan rings is 1. The normalized spacial score (nSPS) is 13.8. The quantitative estimate of drug-likeness (QED) is 0.0778. The first kappa shape index (κ1) is 30.3. The third-order valence-electron chi connectivity index (χ3n) is 8.03. The van der Waals surface area contributed by atoms with Crippen molar-refractivity contribution in [2.75, 3.05) is 0 Å². The number of benzene rings is 4. The van der Waals surface area contributed by atoms with Gasteiger partial charge < -0.3 is 4.42 Å². The first-order valence-electron chi connectivity index (χ1n) is 15.6. The van der Waals surface area contributed by atoms with Gasteiger partial charge in [0.1, 0.15) is 11.3 Å². The van der Waals surface area contributed by atoms with E-state index in [-0.39, 0.29) is 6.04 Å². The minimum absolute atomic E-state index is 0.117. The molecule has 0 radical (unpaired) electrons. The van der Waals surface area contributed by atoms with E-state index in [1.165, 1.54) is 21.9 Å². The second-order valence-electron chi connectivity index (χ2n) is 11.2. The lowest BCUT2D eigenvalue weighted by Gasteiger charge is -2.05. The van der Waals surface area contributed by atoms with E-state index >= 15 is 0 Å². The fraction of sp³-hybridized carbons (Fsp3) is 0.119. The Morgan fingerprint density at radius 3 is 2.39 bits per heavy atom. The number of hydrogen-bond acceptors (Lipinski definition) is 3. The minimum atomic E-state index is 0.117. The van der Waals surface area contributed by atoms with E-state index in [0.29, 0.717) is 0 Å². The molecule has 0 saturated carbocycles. The lowest BCUT2D eigenvalue weighted by molar-refractivity contribution is 0.605. The molecule has 2 heterocycles. The van der Waals surface area contributed by atoms with Crippen molar-refractivity contribution in [1.29, 1.82) is 0 Å². The first-order valence-corrected chi connectivity index (χ1v) is 15.6. The maximum absolute atomic E-state index is 6.39. The molecule has 0 bridgehead atoms. The predicted octanol–water partition coefficient (Wildman–Crippen LogP) is 11.3. The molecule has 0 amide bonds. The lowest BCUT2D eigenvalue weighted by Crippen LogP contribution is -1.95. The average Bonchev–Trinajstić information content (AvgIpc) is 3.76. The van der Waals surface area contributed by atoms with Gasteiger partial charge in [-0.1, -0.05) is 115 Å². The summed E-state index contributed by atoms with van der Waals surface area (Å²) in [5.41, 5.74) is 10.8. The Bertz CT molecular complexity index is 2310. The van der Waals surface area contributed by atoms with Gasteiger partial charge in [0.2, 0.25) is 0 Å². The third-order valence-corrected chi connectivity index (χ3v) is 8.03. The molecule has 1 unspecified atom stereocenters. The second kappa shape index (κ2) is 13.5. The van der Waals surface area contributed by atoms with Gasteiger partial charge >= 0.3 is 0 Å². The molecule has 0 fully saturated rings. The number of aliphatic imine (C=N–C) groups is 1. The van der Waals surface area contributed by atoms with E-state index in [2.05, 4.69) is 97.0 Å². The number of aromatic nitrogens is 1. The Labute approximate surface area is 270 Å². The molecule has 0 spiro atoms. The predicted molar refractivity (Wildman–Crippen MR) is 200 cm³/mol. The maximum Gasteiger partial charge on any atom is 0.162 e. The number of allylic oxidation sites excluding steroid dienone is 6. The minimum Gasteiger partial charge on any atom is -0.453 e. The first-order chi connectivity index (χ1) is 22.5. The second-order valence-corrected chi connectivity index (χ2v) is 11.2. The summed E-state index contributed by atoms with van der Waals surface area (Å²) in [7, 11) is 0. The van der Waals surface area contributed by atoms with Crippen LogP contribution in [-0.4, -0.2) is 23.1 Å². The van der Waals surface area contributed by atoms with Crippen LogP contribution in [0.3, 0.4) is 0 Å². The number of para-hydroxylation sites is 1. The molecule has 4 nitrogen and oxygen atoms in total. The monoisotopic (exact) mass is 599 g/mol. The van der Waals surface area contributed by atoms with Crippen molar-refractivity contribution in [2.24, 2.45) is 10.1 Å². The summed E-state index contributed by atoms with van der Waals surface area (Å²) < 4.78 is 8.38. The van der Waals surface area contributed by atoms with Gasteiger partial charge in [-0.05, 0) is 61.7 Å². The molecule has 46 heavy (non-hydrogen) atoms. The Morgan fingerprint density at radius 2 is 1.65 bits per heavy atom. The number of aryl methyl sites for hydroxylation is 1. The van der Waals surface area contributed by atoms with E-state index in [4.69, 9.17) is 9.52 Å². The van der Waals surface area contributed by atoms with Gasteiger partial charge in [0.05, 0.1) is 17.8 Å². The van der Waals surface area contributed by atoms with E-state index in [9.17, 15) is 0 Å². The van der Waals surface area contributed by atoms with E-state index in [0.717, 1.165) is 49.7 Å². The van der Waals surface area contributed by atoms with Crippen molar-refractivity contribution in [3.63, 3.8) is 0 Å². The number of hydrogen-bond donors (Lipinski definition) is 0. The average molecular weight is 600 g/mol. The molecule has 4 aromatic carbocycles. The van der Waals surface area contributed by atoms with Crippen LogP contribution in [0.5, 0.6) is 0 Å². The van der Waals surface area contributed by atoms with Crippen molar-refractivity contribution in [1.82, 2.24) is 4.68 Å². The SMILES string of the molecule is C/C=C\C(C)N=CC=Nn1c2ccccc2c2c3ccccc3c3c4c(oc3c21)C=C=C4.C=C/C(=C\C=C/C)c1cccc(C)c1. The lowest BCUT2D eigenvalue weighted by atomic mass is 9.98. The van der Waals surface area contributed by atoms with Crippen molar-refractivity contribution in [3.05, 3.63) is 144 Å². The highest BCUT2D eigenvalue weighted by Gasteiger charge is 2.23. The summed E-state index contributed by atoms with van der Waals surface area (Å²) in [6.07, 6.45) is 19.5. The number of rotatable bonds is 7. The molecule has 0 aliphatic heterocycles. The van der Waals surface area contributed by atoms with Crippen LogP contribution >= 0.6 is 0 Å².